The number of hydrogen-bond acceptors (Lipinski definition) is 7. The molecule has 9 heteroatoms. The first-order chi connectivity index (χ1) is 16.7. The van der Waals surface area contributed by atoms with Gasteiger partial charge in [0.2, 0.25) is 0 Å². The molecule has 1 amide bonds. The zero-order valence-corrected chi connectivity index (χ0v) is 21.0. The molecule has 188 valence electrons. The summed E-state index contributed by atoms with van der Waals surface area (Å²) < 4.78 is 36.3. The lowest BCUT2D eigenvalue weighted by atomic mass is 9.99. The molecular weight excluding hydrogens is 468 g/mol. The molecule has 1 aromatic heterocycles. The Bertz CT molecular complexity index is 1190. The van der Waals surface area contributed by atoms with Crippen LogP contribution in [-0.2, 0) is 21.1 Å². The average Bonchev–Trinajstić information content (AvgIpc) is 3.42. The second-order valence-electron chi connectivity index (χ2n) is 8.37. The van der Waals surface area contributed by atoms with Crippen LogP contribution in [0.1, 0.15) is 26.3 Å². The molecular formula is C26H32N2O6S. The van der Waals surface area contributed by atoms with Crippen LogP contribution in [0.25, 0.3) is 11.3 Å². The SMILES string of the molecule is CCN(CC)CCOc1ccc(CC(C)(C(=O)NO)S(=O)(=O)c2ccc(-c3ccco3)cc2)cc1. The van der Waals surface area contributed by atoms with Gasteiger partial charge in [0.05, 0.1) is 11.2 Å². The van der Waals surface area contributed by atoms with Crippen molar-refractivity contribution in [2.24, 2.45) is 0 Å². The van der Waals surface area contributed by atoms with Crippen molar-refractivity contribution >= 4 is 15.7 Å². The van der Waals surface area contributed by atoms with Gasteiger partial charge in [0.1, 0.15) is 18.1 Å². The Kier molecular flexibility index (Phi) is 8.71. The van der Waals surface area contributed by atoms with Crippen LogP contribution in [0.2, 0.25) is 0 Å². The van der Waals surface area contributed by atoms with E-state index in [1.165, 1.54) is 30.8 Å². The summed E-state index contributed by atoms with van der Waals surface area (Å²) >= 11 is 0. The molecule has 8 nitrogen and oxygen atoms in total. The highest BCUT2D eigenvalue weighted by molar-refractivity contribution is 7.93. The minimum atomic E-state index is -4.17. The number of benzene rings is 2. The van der Waals surface area contributed by atoms with Crippen LogP contribution in [0.4, 0.5) is 0 Å². The summed E-state index contributed by atoms with van der Waals surface area (Å²) in [5, 5.41) is 9.35. The smallest absolute Gasteiger partial charge is 0.265 e. The third kappa shape index (κ3) is 5.93. The lowest BCUT2D eigenvalue weighted by Crippen LogP contribution is -2.51. The minimum absolute atomic E-state index is 0.0322. The highest BCUT2D eigenvalue weighted by Gasteiger charge is 2.47. The van der Waals surface area contributed by atoms with E-state index in [1.807, 2.05) is 0 Å². The third-order valence-electron chi connectivity index (χ3n) is 6.18. The quantitative estimate of drug-likeness (QED) is 0.286. The van der Waals surface area contributed by atoms with E-state index in [1.54, 1.807) is 48.5 Å². The molecule has 0 radical (unpaired) electrons. The van der Waals surface area contributed by atoms with Crippen LogP contribution in [0.15, 0.2) is 76.2 Å². The molecule has 3 aromatic rings. The molecule has 0 aliphatic heterocycles. The van der Waals surface area contributed by atoms with E-state index in [9.17, 15) is 18.4 Å². The predicted molar refractivity (Wildman–Crippen MR) is 133 cm³/mol. The van der Waals surface area contributed by atoms with E-state index >= 15 is 0 Å². The molecule has 2 N–H and O–H groups in total. The Morgan fingerprint density at radius 3 is 2.26 bits per heavy atom. The summed E-state index contributed by atoms with van der Waals surface area (Å²) in [5.74, 6) is 0.252. The number of hydroxylamine groups is 1. The average molecular weight is 501 g/mol. The lowest BCUT2D eigenvalue weighted by Gasteiger charge is -2.27. The second-order valence-corrected chi connectivity index (χ2v) is 10.8. The van der Waals surface area contributed by atoms with Crippen molar-refractivity contribution in [3.05, 3.63) is 72.5 Å². The molecule has 0 spiro atoms. The zero-order valence-electron chi connectivity index (χ0n) is 20.2. The number of rotatable bonds is 12. The fourth-order valence-corrected chi connectivity index (χ4v) is 5.50. The van der Waals surface area contributed by atoms with Gasteiger partial charge >= 0.3 is 0 Å². The molecule has 2 aromatic carbocycles. The Morgan fingerprint density at radius 2 is 1.71 bits per heavy atom. The maximum Gasteiger partial charge on any atom is 0.265 e. The van der Waals surface area contributed by atoms with Crippen molar-refractivity contribution in [1.82, 2.24) is 10.4 Å². The highest BCUT2D eigenvalue weighted by Crippen LogP contribution is 2.32. The van der Waals surface area contributed by atoms with Gasteiger partial charge in [-0.2, -0.15) is 0 Å². The van der Waals surface area contributed by atoms with Gasteiger partial charge in [-0.1, -0.05) is 26.0 Å². The molecule has 0 saturated carbocycles. The molecule has 3 rings (SSSR count). The van der Waals surface area contributed by atoms with Crippen molar-refractivity contribution in [2.45, 2.75) is 36.8 Å². The van der Waals surface area contributed by atoms with E-state index in [2.05, 4.69) is 18.7 Å². The number of sulfone groups is 1. The summed E-state index contributed by atoms with van der Waals surface area (Å²) in [4.78, 5) is 14.9. The number of hydrogen-bond donors (Lipinski definition) is 2. The number of likely N-dealkylation sites (N-methyl/N-ethyl adjacent to an activating group) is 1. The maximum absolute atomic E-state index is 13.6. The van der Waals surface area contributed by atoms with Crippen LogP contribution in [0.3, 0.4) is 0 Å². The molecule has 0 saturated heterocycles. The Hall–Kier alpha value is -3.14. The van der Waals surface area contributed by atoms with Gasteiger partial charge in [0.25, 0.3) is 5.91 Å². The van der Waals surface area contributed by atoms with Crippen molar-refractivity contribution < 1.29 is 27.6 Å². The van der Waals surface area contributed by atoms with Crippen molar-refractivity contribution in [3.8, 4) is 17.1 Å². The summed E-state index contributed by atoms with van der Waals surface area (Å²) in [6.45, 7) is 8.74. The van der Waals surface area contributed by atoms with Crippen LogP contribution in [-0.4, -0.2) is 55.4 Å². The van der Waals surface area contributed by atoms with E-state index in [0.29, 0.717) is 29.2 Å². The monoisotopic (exact) mass is 500 g/mol. The molecule has 1 atom stereocenters. The van der Waals surface area contributed by atoms with Crippen LogP contribution in [0.5, 0.6) is 5.75 Å². The van der Waals surface area contributed by atoms with Crippen molar-refractivity contribution in [2.75, 3.05) is 26.2 Å². The van der Waals surface area contributed by atoms with Crippen LogP contribution >= 0.6 is 0 Å². The number of ether oxygens (including phenoxy) is 1. The number of carbonyl (C=O) groups is 1. The first-order valence-electron chi connectivity index (χ1n) is 11.5. The van der Waals surface area contributed by atoms with Gasteiger partial charge in [-0.25, -0.2) is 13.9 Å². The topological polar surface area (TPSA) is 109 Å². The third-order valence-corrected chi connectivity index (χ3v) is 8.59. The fourth-order valence-electron chi connectivity index (χ4n) is 3.84. The molecule has 1 heterocycles. The lowest BCUT2D eigenvalue weighted by molar-refractivity contribution is -0.131. The Balaban J connectivity index is 1.79. The molecule has 1 unspecified atom stereocenters. The summed E-state index contributed by atoms with van der Waals surface area (Å²) in [5.41, 5.74) is 2.86. The Labute approximate surface area is 206 Å². The molecule has 35 heavy (non-hydrogen) atoms. The zero-order chi connectivity index (χ0) is 25.5. The number of nitrogens with one attached hydrogen (secondary N) is 1. The fraction of sp³-hybridized carbons (Fsp3) is 0.346. The van der Waals surface area contributed by atoms with Gasteiger partial charge in [-0.05, 0) is 74.1 Å². The van der Waals surface area contributed by atoms with Crippen LogP contribution in [0, 0.1) is 0 Å². The predicted octanol–water partition coefficient (Wildman–Crippen LogP) is 3.95. The van der Waals surface area contributed by atoms with Gasteiger partial charge in [0, 0.05) is 18.5 Å². The number of furan rings is 1. The number of amides is 1. The summed E-state index contributed by atoms with van der Waals surface area (Å²) in [6.07, 6.45) is 1.39. The first-order valence-corrected chi connectivity index (χ1v) is 13.0. The normalized spacial score (nSPS) is 13.4. The minimum Gasteiger partial charge on any atom is -0.492 e. The van der Waals surface area contributed by atoms with E-state index in [0.717, 1.165) is 19.6 Å². The number of nitrogens with zero attached hydrogens (tertiary/aromatic N) is 1. The van der Waals surface area contributed by atoms with Crippen molar-refractivity contribution in [1.29, 1.82) is 0 Å². The Morgan fingerprint density at radius 1 is 1.06 bits per heavy atom. The molecule has 0 aliphatic rings. The van der Waals surface area contributed by atoms with Gasteiger partial charge in [-0.3, -0.25) is 10.0 Å². The van der Waals surface area contributed by atoms with E-state index in [-0.39, 0.29) is 11.3 Å². The van der Waals surface area contributed by atoms with Gasteiger partial charge in [0.15, 0.2) is 14.6 Å². The summed E-state index contributed by atoms with van der Waals surface area (Å²) in [6, 6.07) is 16.6. The van der Waals surface area contributed by atoms with Gasteiger partial charge in [-0.15, -0.1) is 0 Å². The number of carbonyl (C=O) groups excluding carboxylic acids is 1. The summed E-state index contributed by atoms with van der Waals surface area (Å²) in [7, 11) is -4.17. The van der Waals surface area contributed by atoms with E-state index in [4.69, 9.17) is 9.15 Å². The van der Waals surface area contributed by atoms with Gasteiger partial charge < -0.3 is 14.1 Å². The highest BCUT2D eigenvalue weighted by atomic mass is 32.2. The first kappa shape index (κ1) is 26.5. The second kappa shape index (κ2) is 11.5. The largest absolute Gasteiger partial charge is 0.492 e. The van der Waals surface area contributed by atoms with E-state index < -0.39 is 20.5 Å². The standard InChI is InChI=1S/C26H32N2O6S/c1-4-28(5-2)16-18-33-22-12-8-20(9-13-22)19-26(3,25(29)27-30)35(31,32)23-14-10-21(11-15-23)24-7-6-17-34-24/h6-15,17,30H,4-5,16,18-19H2,1-3H3,(H,27,29). The molecule has 0 fully saturated rings. The van der Waals surface area contributed by atoms with Crippen LogP contribution < -0.4 is 10.2 Å². The maximum atomic E-state index is 13.6. The molecule has 0 bridgehead atoms. The molecule has 0 aliphatic carbocycles. The van der Waals surface area contributed by atoms with Crippen molar-refractivity contribution in [3.63, 3.8) is 0 Å².